The third-order valence-corrected chi connectivity index (χ3v) is 5.55. The Bertz CT molecular complexity index is 1170. The summed E-state index contributed by atoms with van der Waals surface area (Å²) in [5.41, 5.74) is 2.99. The fourth-order valence-electron chi connectivity index (χ4n) is 3.83. The third kappa shape index (κ3) is 5.91. The molecule has 174 valence electrons. The monoisotopic (exact) mass is 477 g/mol. The van der Waals surface area contributed by atoms with Gasteiger partial charge in [-0.15, -0.1) is 0 Å². The van der Waals surface area contributed by atoms with E-state index < -0.39 is 48.0 Å². The maximum atomic E-state index is 14.9. The number of rotatable bonds is 6. The van der Waals surface area contributed by atoms with Gasteiger partial charge in [0.25, 0.3) is 5.91 Å². The second kappa shape index (κ2) is 11.4. The van der Waals surface area contributed by atoms with Gasteiger partial charge in [0.05, 0.1) is 12.5 Å². The van der Waals surface area contributed by atoms with Crippen LogP contribution in [-0.2, 0) is 14.4 Å². The third-order valence-electron chi connectivity index (χ3n) is 5.55. The van der Waals surface area contributed by atoms with Gasteiger partial charge in [0, 0.05) is 24.9 Å². The van der Waals surface area contributed by atoms with Crippen LogP contribution in [0, 0.1) is 19.7 Å². The van der Waals surface area contributed by atoms with Crippen molar-refractivity contribution in [1.82, 2.24) is 15.5 Å². The number of urea groups is 1. The van der Waals surface area contributed by atoms with E-state index >= 15 is 0 Å². The normalized spacial score (nSPS) is 16.0. The van der Waals surface area contributed by atoms with Gasteiger partial charge >= 0.3 is 41.6 Å². The molecule has 0 fully saturated rings. The first-order valence-electron chi connectivity index (χ1n) is 10.2. The van der Waals surface area contributed by atoms with Crippen molar-refractivity contribution in [3.8, 4) is 11.1 Å². The maximum absolute atomic E-state index is 14.9. The number of likely N-dealkylation sites (N-methyl/N-ethyl adjacent to an activating group) is 1. The number of nitrogens with zero attached hydrogens (tertiary/aromatic N) is 1. The molecule has 0 aromatic heterocycles. The van der Waals surface area contributed by atoms with E-state index in [9.17, 15) is 28.7 Å². The molecule has 3 N–H and O–H groups in total. The van der Waals surface area contributed by atoms with Crippen molar-refractivity contribution in [2.24, 2.45) is 0 Å². The Morgan fingerprint density at radius 1 is 1.12 bits per heavy atom. The van der Waals surface area contributed by atoms with Crippen molar-refractivity contribution >= 4 is 53.2 Å². The summed E-state index contributed by atoms with van der Waals surface area (Å²) in [6, 6.07) is 6.67. The van der Waals surface area contributed by atoms with Crippen LogP contribution in [0.5, 0.6) is 0 Å². The van der Waals surface area contributed by atoms with Crippen LogP contribution in [0.15, 0.2) is 48.7 Å². The van der Waals surface area contributed by atoms with E-state index in [1.54, 1.807) is 13.0 Å². The average molecular weight is 477 g/mol. The molecule has 10 heteroatoms. The minimum absolute atomic E-state index is 0. The summed E-state index contributed by atoms with van der Waals surface area (Å²) in [6.07, 6.45) is 1.83. The summed E-state index contributed by atoms with van der Waals surface area (Å²) < 4.78 is 14.9. The molecule has 2 unspecified atom stereocenters. The van der Waals surface area contributed by atoms with Gasteiger partial charge in [-0.05, 0) is 42.2 Å². The van der Waals surface area contributed by atoms with Gasteiger partial charge in [-0.2, -0.15) is 0 Å². The molecule has 1 heterocycles. The number of amides is 3. The number of carboxylic acid groups (broad SMARTS) is 1. The Balaban J connectivity index is 0.00000408. The Hall–Kier alpha value is -3.01. The molecule has 34 heavy (non-hydrogen) atoms. The molecule has 0 saturated heterocycles. The molecule has 0 aliphatic carbocycles. The molecule has 0 radical (unpaired) electrons. The first-order valence-corrected chi connectivity index (χ1v) is 10.2. The second-order valence-corrected chi connectivity index (χ2v) is 7.82. The van der Waals surface area contributed by atoms with Gasteiger partial charge in [-0.1, -0.05) is 30.3 Å². The number of aryl methyl sites for hydroxylation is 1. The van der Waals surface area contributed by atoms with E-state index in [0.29, 0.717) is 11.1 Å². The summed E-state index contributed by atoms with van der Waals surface area (Å²) in [5.74, 6) is -3.19. The molecule has 0 bridgehead atoms. The van der Waals surface area contributed by atoms with Crippen molar-refractivity contribution in [2.45, 2.75) is 32.4 Å². The Labute approximate surface area is 218 Å². The number of carbonyl (C=O) groups is 4. The SMILES string of the molecule is Cc1ccccc1-c1ccc(F)c(C(CC(=O)O)NC(=O)NC2C(=O)C=CN(C)C2=O)c1C.[NaH]. The van der Waals surface area contributed by atoms with Crippen LogP contribution in [0.2, 0.25) is 0 Å². The number of ketones is 1. The summed E-state index contributed by atoms with van der Waals surface area (Å²) >= 11 is 0. The summed E-state index contributed by atoms with van der Waals surface area (Å²) in [4.78, 5) is 49.5. The number of hydrogen-bond donors (Lipinski definition) is 3. The molecule has 0 saturated carbocycles. The van der Waals surface area contributed by atoms with Crippen molar-refractivity contribution in [3.05, 3.63) is 71.2 Å². The zero-order valence-corrected chi connectivity index (χ0v) is 18.4. The molecule has 2 atom stereocenters. The van der Waals surface area contributed by atoms with Crippen LogP contribution in [-0.4, -0.2) is 76.3 Å². The predicted octanol–water partition coefficient (Wildman–Crippen LogP) is 2.20. The van der Waals surface area contributed by atoms with Crippen LogP contribution < -0.4 is 10.6 Å². The summed E-state index contributed by atoms with van der Waals surface area (Å²) in [6.45, 7) is 3.56. The van der Waals surface area contributed by atoms with Gasteiger partial charge < -0.3 is 20.6 Å². The average Bonchev–Trinajstić information content (AvgIpc) is 2.74. The number of aliphatic carboxylic acids is 1. The van der Waals surface area contributed by atoms with Crippen molar-refractivity contribution in [3.63, 3.8) is 0 Å². The second-order valence-electron chi connectivity index (χ2n) is 7.82. The van der Waals surface area contributed by atoms with Gasteiger partial charge in [-0.3, -0.25) is 14.4 Å². The molecule has 1 aliphatic rings. The topological polar surface area (TPSA) is 116 Å². The minimum atomic E-state index is -1.45. The quantitative estimate of drug-likeness (QED) is 0.436. The van der Waals surface area contributed by atoms with Crippen LogP contribution in [0.3, 0.4) is 0 Å². The first-order chi connectivity index (χ1) is 15.6. The summed E-state index contributed by atoms with van der Waals surface area (Å²) in [5, 5.41) is 14.1. The first kappa shape index (κ1) is 27.2. The van der Waals surface area contributed by atoms with E-state index in [2.05, 4.69) is 10.6 Å². The predicted molar refractivity (Wildman–Crippen MR) is 126 cm³/mol. The van der Waals surface area contributed by atoms with E-state index in [1.807, 2.05) is 31.2 Å². The fourth-order valence-corrected chi connectivity index (χ4v) is 3.83. The van der Waals surface area contributed by atoms with Crippen LogP contribution in [0.1, 0.15) is 29.2 Å². The Morgan fingerprint density at radius 2 is 1.79 bits per heavy atom. The van der Waals surface area contributed by atoms with Crippen LogP contribution in [0.4, 0.5) is 9.18 Å². The van der Waals surface area contributed by atoms with Gasteiger partial charge in [0.2, 0.25) is 0 Å². The van der Waals surface area contributed by atoms with Crippen molar-refractivity contribution < 1.29 is 28.7 Å². The summed E-state index contributed by atoms with van der Waals surface area (Å²) in [7, 11) is 1.43. The zero-order chi connectivity index (χ0) is 24.3. The molecule has 3 amide bonds. The van der Waals surface area contributed by atoms with Gasteiger partial charge in [0.15, 0.2) is 11.8 Å². The van der Waals surface area contributed by atoms with Crippen molar-refractivity contribution in [2.75, 3.05) is 7.05 Å². The van der Waals surface area contributed by atoms with E-state index in [1.165, 1.54) is 19.3 Å². The molecule has 8 nitrogen and oxygen atoms in total. The van der Waals surface area contributed by atoms with Crippen LogP contribution >= 0.6 is 0 Å². The van der Waals surface area contributed by atoms with E-state index in [-0.39, 0.29) is 35.1 Å². The van der Waals surface area contributed by atoms with Crippen LogP contribution in [0.25, 0.3) is 11.1 Å². The number of nitrogens with one attached hydrogen (secondary N) is 2. The zero-order valence-electron chi connectivity index (χ0n) is 18.4. The molecule has 2 aromatic carbocycles. The number of carboxylic acids is 1. The molecule has 3 rings (SSSR count). The molecule has 2 aromatic rings. The van der Waals surface area contributed by atoms with E-state index in [4.69, 9.17) is 0 Å². The fraction of sp³-hybridized carbons (Fsp3) is 0.250. The molecule has 0 spiro atoms. The Morgan fingerprint density at radius 3 is 2.44 bits per heavy atom. The molecular weight excluding hydrogens is 452 g/mol. The van der Waals surface area contributed by atoms with Gasteiger partial charge in [0.1, 0.15) is 5.82 Å². The number of halogens is 1. The number of hydrogen-bond acceptors (Lipinski definition) is 4. The molecule has 1 aliphatic heterocycles. The van der Waals surface area contributed by atoms with Crippen molar-refractivity contribution in [1.29, 1.82) is 0 Å². The number of carbonyl (C=O) groups excluding carboxylic acids is 3. The standard InChI is InChI=1S/C24H24FN3O5.Na.H/c1-13-6-4-5-7-15(13)16-8-9-17(25)21(14(16)2)18(12-20(30)31)26-24(33)27-22-19(29)10-11-28(3)23(22)32;;/h4-11,18,22H,12H2,1-3H3,(H,30,31)(H2,26,27,33);;. The van der Waals surface area contributed by atoms with E-state index in [0.717, 1.165) is 22.1 Å². The number of benzene rings is 2. The Kier molecular flexibility index (Phi) is 9.14. The molecular formula is C24H25FN3NaO5. The van der Waals surface area contributed by atoms with Gasteiger partial charge in [-0.25, -0.2) is 9.18 Å².